The van der Waals surface area contributed by atoms with Crippen LogP contribution in [0, 0.1) is 12.3 Å². The molecule has 1 aromatic heterocycles. The first-order valence-corrected chi connectivity index (χ1v) is 14.7. The van der Waals surface area contributed by atoms with E-state index >= 15 is 0 Å². The number of nitrogens with zero attached hydrogens (tertiary/aromatic N) is 1. The van der Waals surface area contributed by atoms with E-state index in [1.54, 1.807) is 25.1 Å². The van der Waals surface area contributed by atoms with Gasteiger partial charge in [0, 0.05) is 24.5 Å². The van der Waals surface area contributed by atoms with E-state index in [9.17, 15) is 13.2 Å². The second-order valence-electron chi connectivity index (χ2n) is 9.51. The molecule has 34 heavy (non-hydrogen) atoms. The van der Waals surface area contributed by atoms with Crippen molar-refractivity contribution < 1.29 is 17.9 Å². The molecule has 186 valence electrons. The first kappa shape index (κ1) is 25.6. The van der Waals surface area contributed by atoms with Gasteiger partial charge >= 0.3 is 0 Å². The number of ether oxygens (including phenoxy) is 1. The number of hydrogen-bond donors (Lipinski definition) is 1. The number of benzene rings is 1. The van der Waals surface area contributed by atoms with Crippen LogP contribution in [0.5, 0.6) is 0 Å². The van der Waals surface area contributed by atoms with Crippen molar-refractivity contribution in [2.75, 3.05) is 32.8 Å². The number of hydrogen-bond acceptors (Lipinski definition) is 5. The monoisotopic (exact) mass is 524 g/mol. The van der Waals surface area contributed by atoms with Crippen molar-refractivity contribution in [1.29, 1.82) is 0 Å². The molecule has 1 amide bonds. The fraction of sp³-hybridized carbons (Fsp3) is 0.560. The maximum atomic E-state index is 12.6. The van der Waals surface area contributed by atoms with Gasteiger partial charge in [-0.15, -0.1) is 11.3 Å². The van der Waals surface area contributed by atoms with Crippen molar-refractivity contribution in [2.45, 2.75) is 56.3 Å². The molecule has 1 aliphatic carbocycles. The number of likely N-dealkylation sites (tertiary alicyclic amines) is 1. The Hall–Kier alpha value is -1.45. The van der Waals surface area contributed by atoms with Gasteiger partial charge in [0.05, 0.1) is 11.6 Å². The predicted molar refractivity (Wildman–Crippen MR) is 136 cm³/mol. The van der Waals surface area contributed by atoms with Crippen molar-refractivity contribution in [1.82, 2.24) is 9.62 Å². The molecule has 0 radical (unpaired) electrons. The van der Waals surface area contributed by atoms with E-state index in [0.717, 1.165) is 25.9 Å². The molecule has 2 heterocycles. The number of carbonyl (C=O) groups excluding carboxylic acids is 1. The summed E-state index contributed by atoms with van der Waals surface area (Å²) >= 11 is 7.94. The maximum absolute atomic E-state index is 12.6. The van der Waals surface area contributed by atoms with E-state index in [2.05, 4.69) is 22.2 Å². The van der Waals surface area contributed by atoms with E-state index in [4.69, 9.17) is 16.3 Å². The van der Waals surface area contributed by atoms with Gasteiger partial charge in [-0.25, -0.2) is 13.1 Å². The van der Waals surface area contributed by atoms with Gasteiger partial charge in [-0.3, -0.25) is 4.79 Å². The summed E-state index contributed by atoms with van der Waals surface area (Å²) in [7, 11) is -3.73. The lowest BCUT2D eigenvalue weighted by Crippen LogP contribution is -2.45. The molecule has 1 aliphatic heterocycles. The summed E-state index contributed by atoms with van der Waals surface area (Å²) in [6.45, 7) is 3.44. The van der Waals surface area contributed by atoms with Crippen LogP contribution in [0.1, 0.15) is 54.9 Å². The van der Waals surface area contributed by atoms with Crippen molar-refractivity contribution >= 4 is 38.9 Å². The van der Waals surface area contributed by atoms with Crippen molar-refractivity contribution in [3.63, 3.8) is 0 Å². The Balaban J connectivity index is 1.15. The summed E-state index contributed by atoms with van der Waals surface area (Å²) in [5.41, 5.74) is 0.972. The Morgan fingerprint density at radius 3 is 2.56 bits per heavy atom. The number of aryl methyl sites for hydroxylation is 1. The molecule has 1 spiro atoms. The molecule has 6 nitrogen and oxygen atoms in total. The predicted octanol–water partition coefficient (Wildman–Crippen LogP) is 4.97. The number of nitrogens with one attached hydrogen (secondary N) is 1. The molecule has 1 aromatic carbocycles. The molecule has 0 unspecified atom stereocenters. The molecular weight excluding hydrogens is 492 g/mol. The van der Waals surface area contributed by atoms with Crippen LogP contribution in [-0.4, -0.2) is 52.1 Å². The van der Waals surface area contributed by atoms with Gasteiger partial charge in [-0.2, -0.15) is 0 Å². The first-order valence-electron chi connectivity index (χ1n) is 11.9. The highest BCUT2D eigenvalue weighted by molar-refractivity contribution is 7.89. The minimum absolute atomic E-state index is 0.0214. The lowest BCUT2D eigenvalue weighted by Gasteiger charge is -2.46. The van der Waals surface area contributed by atoms with E-state index in [0.29, 0.717) is 16.9 Å². The highest BCUT2D eigenvalue weighted by Crippen LogP contribution is 2.49. The molecule has 1 saturated carbocycles. The average molecular weight is 525 g/mol. The topological polar surface area (TPSA) is 75.7 Å². The van der Waals surface area contributed by atoms with Gasteiger partial charge in [-0.05, 0) is 79.9 Å². The third kappa shape index (κ3) is 6.02. The Bertz CT molecular complexity index is 1050. The van der Waals surface area contributed by atoms with Crippen LogP contribution in [0.3, 0.4) is 0 Å². The maximum Gasteiger partial charge on any atom is 0.248 e. The normalized spacial score (nSPS) is 18.9. The number of rotatable bonds is 8. The number of piperidine rings is 1. The average Bonchev–Trinajstić information content (AvgIpc) is 3.34. The molecule has 2 fully saturated rings. The van der Waals surface area contributed by atoms with Crippen molar-refractivity contribution in [2.24, 2.45) is 5.41 Å². The highest BCUT2D eigenvalue weighted by atomic mass is 35.5. The zero-order valence-electron chi connectivity index (χ0n) is 19.6. The largest absolute Gasteiger partial charge is 0.370 e. The van der Waals surface area contributed by atoms with Gasteiger partial charge in [-0.1, -0.05) is 29.8 Å². The number of thiophene rings is 1. The van der Waals surface area contributed by atoms with Gasteiger partial charge < -0.3 is 9.64 Å². The highest BCUT2D eigenvalue weighted by Gasteiger charge is 2.39. The minimum Gasteiger partial charge on any atom is -0.370 e. The SMILES string of the molecule is Cc1cccc(Cl)c1S(=O)(=O)NCCOCC(=O)N1CCC2(CCC(c3cccs3)CC2)CC1. The van der Waals surface area contributed by atoms with Crippen molar-refractivity contribution in [3.05, 3.63) is 51.2 Å². The van der Waals surface area contributed by atoms with Gasteiger partial charge in [0.2, 0.25) is 15.9 Å². The Morgan fingerprint density at radius 2 is 1.91 bits per heavy atom. The van der Waals surface area contributed by atoms with E-state index < -0.39 is 10.0 Å². The number of halogens is 1. The second-order valence-corrected chi connectivity index (χ2v) is 12.6. The summed E-state index contributed by atoms with van der Waals surface area (Å²) in [6, 6.07) is 9.37. The van der Waals surface area contributed by atoms with Crippen LogP contribution < -0.4 is 4.72 Å². The molecule has 1 saturated heterocycles. The standard InChI is InChI=1S/C25H33ClN2O4S2/c1-19-4-2-5-21(26)24(19)34(30,31)27-13-16-32-18-23(29)28-14-11-25(12-15-28)9-7-20(8-10-25)22-6-3-17-33-22/h2-6,17,20,27H,7-16,18H2,1H3. The van der Waals surface area contributed by atoms with Crippen molar-refractivity contribution in [3.8, 4) is 0 Å². The zero-order valence-corrected chi connectivity index (χ0v) is 22.0. The fourth-order valence-electron chi connectivity index (χ4n) is 5.30. The van der Waals surface area contributed by atoms with Gasteiger partial charge in [0.25, 0.3) is 0 Å². The third-order valence-corrected chi connectivity index (χ3v) is 10.5. The number of amides is 1. The molecule has 1 N–H and O–H groups in total. The van der Waals surface area contributed by atoms with Crippen LogP contribution in [0.15, 0.2) is 40.6 Å². The fourth-order valence-corrected chi connectivity index (χ4v) is 8.04. The molecule has 0 atom stereocenters. The molecule has 9 heteroatoms. The molecule has 2 aromatic rings. The second kappa shape index (κ2) is 11.1. The Morgan fingerprint density at radius 1 is 1.18 bits per heavy atom. The Kier molecular flexibility index (Phi) is 8.36. The summed E-state index contributed by atoms with van der Waals surface area (Å²) < 4.78 is 33.0. The number of sulfonamides is 1. The van der Waals surface area contributed by atoms with Crippen LogP contribution in [0.2, 0.25) is 5.02 Å². The summed E-state index contributed by atoms with van der Waals surface area (Å²) in [4.78, 5) is 16.1. The van der Waals surface area contributed by atoms with Crippen LogP contribution >= 0.6 is 22.9 Å². The van der Waals surface area contributed by atoms with Crippen LogP contribution in [0.4, 0.5) is 0 Å². The van der Waals surface area contributed by atoms with Crippen LogP contribution in [0.25, 0.3) is 0 Å². The number of carbonyl (C=O) groups is 1. The Labute approximate surface area is 211 Å². The first-order chi connectivity index (χ1) is 16.3. The van der Waals surface area contributed by atoms with E-state index in [-0.39, 0.29) is 35.6 Å². The smallest absolute Gasteiger partial charge is 0.248 e. The zero-order chi connectivity index (χ0) is 24.2. The lowest BCUT2D eigenvalue weighted by atomic mass is 9.65. The van der Waals surface area contributed by atoms with Crippen LogP contribution in [-0.2, 0) is 19.6 Å². The third-order valence-electron chi connectivity index (χ3n) is 7.37. The molecule has 2 aliphatic rings. The summed E-state index contributed by atoms with van der Waals surface area (Å²) in [6.07, 6.45) is 7.13. The van der Waals surface area contributed by atoms with E-state index in [1.165, 1.54) is 30.6 Å². The molecule has 0 bridgehead atoms. The summed E-state index contributed by atoms with van der Waals surface area (Å²) in [5, 5.41) is 2.35. The molecule has 4 rings (SSSR count). The molecular formula is C25H33ClN2O4S2. The van der Waals surface area contributed by atoms with Gasteiger partial charge in [0.15, 0.2) is 0 Å². The quantitative estimate of drug-likeness (QED) is 0.494. The minimum atomic E-state index is -3.73. The summed E-state index contributed by atoms with van der Waals surface area (Å²) in [5.74, 6) is 0.685. The lowest BCUT2D eigenvalue weighted by molar-refractivity contribution is -0.138. The van der Waals surface area contributed by atoms with Gasteiger partial charge in [0.1, 0.15) is 11.5 Å². The van der Waals surface area contributed by atoms with E-state index in [1.807, 2.05) is 16.2 Å².